The van der Waals surface area contributed by atoms with Gasteiger partial charge in [-0.2, -0.15) is 0 Å². The maximum atomic E-state index is 13.6. The fraction of sp³-hybridized carbons (Fsp3) is 0.364. The van der Waals surface area contributed by atoms with Crippen molar-refractivity contribution in [1.29, 1.82) is 0 Å². The molecule has 3 amide bonds. The maximum absolute atomic E-state index is 13.6. The van der Waals surface area contributed by atoms with Crippen molar-refractivity contribution < 1.29 is 9.59 Å². The number of rotatable bonds is 8. The summed E-state index contributed by atoms with van der Waals surface area (Å²) in [5.41, 5.74) is 5.94. The van der Waals surface area contributed by atoms with Gasteiger partial charge in [0.1, 0.15) is 5.54 Å². The molecule has 160 valence electrons. The number of benzene rings is 2. The maximum Gasteiger partial charge on any atom is 0.332 e. The van der Waals surface area contributed by atoms with Gasteiger partial charge in [-0.15, -0.1) is 0 Å². The molecule has 1 aliphatic rings. The van der Waals surface area contributed by atoms with E-state index in [-0.39, 0.29) is 11.9 Å². The summed E-state index contributed by atoms with van der Waals surface area (Å²) in [6.45, 7) is 2.91. The van der Waals surface area contributed by atoms with Crippen molar-refractivity contribution in [2.75, 3.05) is 18.0 Å². The van der Waals surface area contributed by atoms with Crippen LogP contribution in [0.4, 0.5) is 10.5 Å². The molecule has 5 nitrogen and oxygen atoms in total. The number of carbonyl (C=O) groups is 2. The Morgan fingerprint density at radius 1 is 1.00 bits per heavy atom. The molecule has 2 aromatic rings. The van der Waals surface area contributed by atoms with E-state index in [1.807, 2.05) is 31.2 Å². The van der Waals surface area contributed by atoms with Gasteiger partial charge in [0.15, 0.2) is 0 Å². The van der Waals surface area contributed by atoms with Crippen molar-refractivity contribution >= 4 is 56.8 Å². The van der Waals surface area contributed by atoms with E-state index < -0.39 is 5.54 Å². The van der Waals surface area contributed by atoms with E-state index in [2.05, 4.69) is 15.9 Å². The summed E-state index contributed by atoms with van der Waals surface area (Å²) in [6.07, 6.45) is 2.96. The molecular weight excluding hydrogens is 489 g/mol. The third-order valence-electron chi connectivity index (χ3n) is 5.33. The monoisotopic (exact) mass is 511 g/mol. The number of imide groups is 1. The summed E-state index contributed by atoms with van der Waals surface area (Å²) in [7, 11) is 0. The Balaban J connectivity index is 1.96. The molecule has 0 spiro atoms. The van der Waals surface area contributed by atoms with E-state index in [0.717, 1.165) is 29.3 Å². The number of carbonyl (C=O) groups excluding carboxylic acids is 2. The molecular formula is C22H24BrCl2N3O2. The lowest BCUT2D eigenvalue weighted by Crippen LogP contribution is -2.49. The molecule has 1 aliphatic heterocycles. The topological polar surface area (TPSA) is 66.6 Å². The second kappa shape index (κ2) is 9.69. The number of urea groups is 1. The fourth-order valence-electron chi connectivity index (χ4n) is 3.78. The van der Waals surface area contributed by atoms with E-state index in [0.29, 0.717) is 35.2 Å². The molecule has 1 heterocycles. The van der Waals surface area contributed by atoms with Crippen LogP contribution in [0.15, 0.2) is 46.9 Å². The minimum Gasteiger partial charge on any atom is -0.330 e. The highest BCUT2D eigenvalue weighted by molar-refractivity contribution is 9.10. The minimum absolute atomic E-state index is 0.285. The van der Waals surface area contributed by atoms with Crippen LogP contribution in [-0.2, 0) is 11.2 Å². The third-order valence-corrected chi connectivity index (χ3v) is 6.30. The molecule has 0 saturated carbocycles. The Morgan fingerprint density at radius 3 is 2.23 bits per heavy atom. The van der Waals surface area contributed by atoms with Gasteiger partial charge in [0, 0.05) is 27.5 Å². The number of halogens is 3. The molecule has 30 heavy (non-hydrogen) atoms. The molecule has 1 unspecified atom stereocenters. The van der Waals surface area contributed by atoms with Gasteiger partial charge < -0.3 is 10.6 Å². The highest BCUT2D eigenvalue weighted by Gasteiger charge is 2.54. The Bertz CT molecular complexity index is 918. The van der Waals surface area contributed by atoms with E-state index in [1.54, 1.807) is 23.1 Å². The molecule has 1 atom stereocenters. The van der Waals surface area contributed by atoms with Gasteiger partial charge in [0.25, 0.3) is 5.91 Å². The second-order valence-corrected chi connectivity index (χ2v) is 9.42. The predicted molar refractivity (Wildman–Crippen MR) is 125 cm³/mol. The zero-order chi connectivity index (χ0) is 21.9. The van der Waals surface area contributed by atoms with Crippen LogP contribution in [0.3, 0.4) is 0 Å². The molecule has 8 heteroatoms. The van der Waals surface area contributed by atoms with Gasteiger partial charge >= 0.3 is 6.03 Å². The van der Waals surface area contributed by atoms with Crippen molar-refractivity contribution in [2.45, 2.75) is 38.1 Å². The molecule has 1 saturated heterocycles. The fourth-order valence-corrected chi connectivity index (χ4v) is 4.55. The Labute approximate surface area is 195 Å². The van der Waals surface area contributed by atoms with E-state index >= 15 is 0 Å². The van der Waals surface area contributed by atoms with Gasteiger partial charge in [-0.3, -0.25) is 4.79 Å². The summed E-state index contributed by atoms with van der Waals surface area (Å²) in [6, 6.07) is 12.2. The van der Waals surface area contributed by atoms with Gasteiger partial charge in [0.05, 0.1) is 5.69 Å². The van der Waals surface area contributed by atoms with Crippen LogP contribution in [-0.4, -0.2) is 35.5 Å². The number of amides is 3. The lowest BCUT2D eigenvalue weighted by Gasteiger charge is -2.32. The van der Waals surface area contributed by atoms with E-state index in [1.165, 1.54) is 4.90 Å². The van der Waals surface area contributed by atoms with Crippen molar-refractivity contribution in [1.82, 2.24) is 4.90 Å². The van der Waals surface area contributed by atoms with Gasteiger partial charge in [-0.1, -0.05) is 57.7 Å². The van der Waals surface area contributed by atoms with Gasteiger partial charge in [0.2, 0.25) is 0 Å². The van der Waals surface area contributed by atoms with Crippen LogP contribution < -0.4 is 10.6 Å². The van der Waals surface area contributed by atoms with Crippen LogP contribution >= 0.6 is 39.1 Å². The number of nitrogens with two attached hydrogens (primary N) is 1. The average molecular weight is 513 g/mol. The highest BCUT2D eigenvalue weighted by atomic mass is 79.9. The lowest BCUT2D eigenvalue weighted by molar-refractivity contribution is -0.124. The number of nitrogens with zero attached hydrogens (tertiary/aromatic N) is 2. The minimum atomic E-state index is -1.01. The average Bonchev–Trinajstić information content (AvgIpc) is 2.86. The highest BCUT2D eigenvalue weighted by Crippen LogP contribution is 2.37. The number of hydrogen-bond donors (Lipinski definition) is 1. The zero-order valence-electron chi connectivity index (χ0n) is 16.7. The van der Waals surface area contributed by atoms with E-state index in [4.69, 9.17) is 28.9 Å². The van der Waals surface area contributed by atoms with Gasteiger partial charge in [-0.25, -0.2) is 9.69 Å². The largest absolute Gasteiger partial charge is 0.332 e. The van der Waals surface area contributed by atoms with Crippen LogP contribution in [0.25, 0.3) is 0 Å². The molecule has 0 aliphatic carbocycles. The van der Waals surface area contributed by atoms with Crippen LogP contribution in [0.5, 0.6) is 0 Å². The predicted octanol–water partition coefficient (Wildman–Crippen LogP) is 5.65. The Morgan fingerprint density at radius 2 is 1.63 bits per heavy atom. The second-order valence-electron chi connectivity index (χ2n) is 7.63. The first-order valence-electron chi connectivity index (χ1n) is 9.83. The molecule has 3 rings (SSSR count). The first-order valence-corrected chi connectivity index (χ1v) is 11.4. The summed E-state index contributed by atoms with van der Waals surface area (Å²) in [5, 5.41) is 0.739. The van der Waals surface area contributed by atoms with Crippen LogP contribution in [0.1, 0.15) is 31.7 Å². The number of anilines is 1. The van der Waals surface area contributed by atoms with E-state index in [9.17, 15) is 9.59 Å². The Hall–Kier alpha value is -1.60. The molecule has 2 N–H and O–H groups in total. The first-order chi connectivity index (χ1) is 14.3. The molecule has 1 fully saturated rings. The van der Waals surface area contributed by atoms with Gasteiger partial charge in [-0.05, 0) is 62.2 Å². The van der Waals surface area contributed by atoms with Crippen molar-refractivity contribution in [2.24, 2.45) is 5.73 Å². The molecule has 0 radical (unpaired) electrons. The first kappa shape index (κ1) is 23.1. The van der Waals surface area contributed by atoms with Crippen molar-refractivity contribution in [3.05, 3.63) is 62.5 Å². The Kier molecular flexibility index (Phi) is 7.45. The van der Waals surface area contributed by atoms with Crippen LogP contribution in [0.2, 0.25) is 10.0 Å². The summed E-state index contributed by atoms with van der Waals surface area (Å²) in [5.74, 6) is -0.285. The van der Waals surface area contributed by atoms with Crippen molar-refractivity contribution in [3.63, 3.8) is 0 Å². The number of hydrogen-bond acceptors (Lipinski definition) is 3. The standard InChI is InChI=1S/C22H24BrCl2N3O2/c1-22(14-15-5-7-16(23)8-6-15)20(29)28(19-12-17(24)11-18(25)13-19)21(30)27(22)10-4-2-3-9-26/h5-8,11-13H,2-4,9-10,14,26H2,1H3. The smallest absolute Gasteiger partial charge is 0.330 e. The summed E-state index contributed by atoms with van der Waals surface area (Å²) >= 11 is 15.7. The quantitative estimate of drug-likeness (QED) is 0.366. The van der Waals surface area contributed by atoms with Crippen LogP contribution in [0, 0.1) is 0 Å². The molecule has 2 aromatic carbocycles. The zero-order valence-corrected chi connectivity index (χ0v) is 19.8. The molecule has 0 bridgehead atoms. The third kappa shape index (κ3) is 4.83. The summed E-state index contributed by atoms with van der Waals surface area (Å²) < 4.78 is 0.957. The number of unbranched alkanes of at least 4 members (excludes halogenated alkanes) is 2. The lowest BCUT2D eigenvalue weighted by atomic mass is 9.91. The molecule has 0 aromatic heterocycles. The normalized spacial score (nSPS) is 19.1. The SMILES string of the molecule is CC1(Cc2ccc(Br)cc2)C(=O)N(c2cc(Cl)cc(Cl)c2)C(=O)N1CCCCCN. The van der Waals surface area contributed by atoms with Crippen molar-refractivity contribution in [3.8, 4) is 0 Å². The summed E-state index contributed by atoms with van der Waals surface area (Å²) in [4.78, 5) is 29.8.